The summed E-state index contributed by atoms with van der Waals surface area (Å²) in [5.41, 5.74) is 2.25. The first-order valence-electron chi connectivity index (χ1n) is 7.59. The first-order valence-corrected chi connectivity index (χ1v) is 10.3. The van der Waals surface area contributed by atoms with Gasteiger partial charge in [-0.15, -0.1) is 5.10 Å². The number of fused-ring (bicyclic) bond motifs is 1. The Kier molecular flexibility index (Phi) is 4.13. The Labute approximate surface area is 153 Å². The van der Waals surface area contributed by atoms with E-state index in [-0.39, 0.29) is 10.8 Å². The van der Waals surface area contributed by atoms with Crippen molar-refractivity contribution in [2.45, 2.75) is 10.1 Å². The zero-order chi connectivity index (χ0) is 18.1. The maximum Gasteiger partial charge on any atom is 0.264 e. The van der Waals surface area contributed by atoms with Crippen LogP contribution in [-0.2, 0) is 10.0 Å². The van der Waals surface area contributed by atoms with Crippen molar-refractivity contribution < 1.29 is 8.42 Å². The molecule has 0 aliphatic heterocycles. The maximum atomic E-state index is 12.6. The van der Waals surface area contributed by atoms with E-state index in [1.807, 2.05) is 30.3 Å². The number of hydrogen-bond donors (Lipinski definition) is 3. The minimum absolute atomic E-state index is 0.0732. The van der Waals surface area contributed by atoms with E-state index in [1.165, 1.54) is 17.8 Å². The minimum Gasteiger partial charge on any atom is -0.338 e. The van der Waals surface area contributed by atoms with Gasteiger partial charge in [-0.1, -0.05) is 42.1 Å². The number of aromatic amines is 2. The summed E-state index contributed by atoms with van der Waals surface area (Å²) >= 11 is 1.31. The normalized spacial score (nSPS) is 11.7. The molecule has 0 bridgehead atoms. The summed E-state index contributed by atoms with van der Waals surface area (Å²) in [5.74, 6) is 0.756. The third-order valence-electron chi connectivity index (χ3n) is 3.69. The van der Waals surface area contributed by atoms with Gasteiger partial charge in [-0.25, -0.2) is 23.2 Å². The summed E-state index contributed by atoms with van der Waals surface area (Å²) in [6.07, 6.45) is 1.80. The molecule has 10 heteroatoms. The summed E-state index contributed by atoms with van der Waals surface area (Å²) in [4.78, 5) is 11.8. The van der Waals surface area contributed by atoms with Crippen LogP contribution in [0.3, 0.4) is 0 Å². The number of hydrogen-bond acceptors (Lipinski definition) is 6. The Morgan fingerprint density at radius 3 is 2.62 bits per heavy atom. The van der Waals surface area contributed by atoms with Crippen LogP contribution in [0.1, 0.15) is 0 Å². The fourth-order valence-electron chi connectivity index (χ4n) is 2.46. The van der Waals surface area contributed by atoms with E-state index in [0.29, 0.717) is 22.0 Å². The Morgan fingerprint density at radius 2 is 1.88 bits per heavy atom. The van der Waals surface area contributed by atoms with Crippen molar-refractivity contribution in [3.63, 3.8) is 0 Å². The number of thioether (sulfide) groups is 1. The van der Waals surface area contributed by atoms with Crippen molar-refractivity contribution in [2.24, 2.45) is 0 Å². The molecule has 0 amide bonds. The number of rotatable bonds is 5. The molecule has 3 N–H and O–H groups in total. The largest absolute Gasteiger partial charge is 0.338 e. The highest BCUT2D eigenvalue weighted by Crippen LogP contribution is 2.23. The molecular weight excluding hydrogens is 372 g/mol. The Balaban J connectivity index is 1.68. The average Bonchev–Trinajstić information content (AvgIpc) is 3.27. The summed E-state index contributed by atoms with van der Waals surface area (Å²) in [6.45, 7) is 0. The highest BCUT2D eigenvalue weighted by Gasteiger charge is 2.18. The van der Waals surface area contributed by atoms with Crippen molar-refractivity contribution in [2.75, 3.05) is 11.0 Å². The van der Waals surface area contributed by atoms with Gasteiger partial charge in [0.25, 0.3) is 10.0 Å². The molecule has 26 heavy (non-hydrogen) atoms. The first kappa shape index (κ1) is 16.6. The van der Waals surface area contributed by atoms with E-state index in [0.717, 1.165) is 5.56 Å². The maximum absolute atomic E-state index is 12.6. The average molecular weight is 386 g/mol. The summed E-state index contributed by atoms with van der Waals surface area (Å²) in [5, 5.41) is 6.89. The van der Waals surface area contributed by atoms with Gasteiger partial charge in [0.05, 0.1) is 15.9 Å². The Morgan fingerprint density at radius 1 is 1.08 bits per heavy atom. The van der Waals surface area contributed by atoms with Gasteiger partial charge in [-0.05, 0) is 24.5 Å². The molecule has 0 spiro atoms. The Hall–Kier alpha value is -2.85. The monoisotopic (exact) mass is 386 g/mol. The Bertz CT molecular complexity index is 1170. The molecular formula is C16H14N6O2S2. The highest BCUT2D eigenvalue weighted by molar-refractivity contribution is 7.98. The van der Waals surface area contributed by atoms with Crippen LogP contribution in [-0.4, -0.2) is 39.8 Å². The SMILES string of the molecule is CSc1n[nH]c(NS(=O)(=O)c2ccc3nc(-c4ccccc4)[nH]c3c2)n1. The third-order valence-corrected chi connectivity index (χ3v) is 5.57. The van der Waals surface area contributed by atoms with E-state index in [2.05, 4.69) is 29.9 Å². The van der Waals surface area contributed by atoms with Crippen molar-refractivity contribution in [3.8, 4) is 11.4 Å². The first-order chi connectivity index (χ1) is 12.5. The van der Waals surface area contributed by atoms with Crippen LogP contribution >= 0.6 is 11.8 Å². The fraction of sp³-hybridized carbons (Fsp3) is 0.0625. The number of aromatic nitrogens is 5. The van der Waals surface area contributed by atoms with Crippen LogP contribution < -0.4 is 4.72 Å². The minimum atomic E-state index is -3.80. The summed E-state index contributed by atoms with van der Waals surface area (Å²) < 4.78 is 27.5. The molecule has 0 radical (unpaired) electrons. The molecule has 2 aromatic carbocycles. The number of imidazole rings is 1. The lowest BCUT2D eigenvalue weighted by atomic mass is 10.2. The number of nitrogens with zero attached hydrogens (tertiary/aromatic N) is 3. The van der Waals surface area contributed by atoms with E-state index in [1.54, 1.807) is 18.4 Å². The molecule has 4 rings (SSSR count). The topological polar surface area (TPSA) is 116 Å². The van der Waals surface area contributed by atoms with E-state index < -0.39 is 10.0 Å². The van der Waals surface area contributed by atoms with E-state index in [9.17, 15) is 8.42 Å². The molecule has 0 fully saturated rings. The molecule has 4 aromatic rings. The molecule has 0 aliphatic rings. The number of anilines is 1. The predicted octanol–water partition coefficient (Wildman–Crippen LogP) is 2.87. The van der Waals surface area contributed by atoms with Crippen molar-refractivity contribution >= 4 is 38.8 Å². The molecule has 0 unspecified atom stereocenters. The highest BCUT2D eigenvalue weighted by atomic mass is 32.2. The van der Waals surface area contributed by atoms with Gasteiger partial charge >= 0.3 is 0 Å². The smallest absolute Gasteiger partial charge is 0.264 e. The molecule has 0 saturated heterocycles. The van der Waals surface area contributed by atoms with E-state index in [4.69, 9.17) is 0 Å². The van der Waals surface area contributed by atoms with Crippen molar-refractivity contribution in [1.82, 2.24) is 25.1 Å². The van der Waals surface area contributed by atoms with Gasteiger partial charge in [-0.2, -0.15) is 4.98 Å². The summed E-state index contributed by atoms with van der Waals surface area (Å²) in [6, 6.07) is 14.4. The molecule has 2 aromatic heterocycles. The third kappa shape index (κ3) is 3.16. The molecule has 0 aliphatic carbocycles. The van der Waals surface area contributed by atoms with Crippen LogP contribution in [0.4, 0.5) is 5.95 Å². The summed E-state index contributed by atoms with van der Waals surface area (Å²) in [7, 11) is -3.80. The van der Waals surface area contributed by atoms with E-state index >= 15 is 0 Å². The van der Waals surface area contributed by atoms with Crippen LogP contribution in [0.15, 0.2) is 58.6 Å². The standard InChI is InChI=1S/C16H14N6O2S2/c1-25-16-19-15(20-21-16)22-26(23,24)11-7-8-12-13(9-11)18-14(17-12)10-5-3-2-4-6-10/h2-9H,1H3,(H,17,18)(H2,19,20,21,22). The van der Waals surface area contributed by atoms with Crippen LogP contribution in [0, 0.1) is 0 Å². The molecule has 2 heterocycles. The lowest BCUT2D eigenvalue weighted by Gasteiger charge is -2.04. The number of H-pyrrole nitrogens is 2. The zero-order valence-electron chi connectivity index (χ0n) is 13.6. The second-order valence-electron chi connectivity index (χ2n) is 5.41. The van der Waals surface area contributed by atoms with Gasteiger partial charge in [0.15, 0.2) is 0 Å². The molecule has 0 atom stereocenters. The van der Waals surface area contributed by atoms with Gasteiger partial charge in [0.2, 0.25) is 11.1 Å². The van der Waals surface area contributed by atoms with Gasteiger partial charge in [0.1, 0.15) is 5.82 Å². The van der Waals surface area contributed by atoms with Gasteiger partial charge in [-0.3, -0.25) is 0 Å². The van der Waals surface area contributed by atoms with Crippen LogP contribution in [0.5, 0.6) is 0 Å². The number of nitrogens with one attached hydrogen (secondary N) is 3. The molecule has 8 nitrogen and oxygen atoms in total. The fourth-order valence-corrected chi connectivity index (χ4v) is 3.76. The lowest BCUT2D eigenvalue weighted by molar-refractivity contribution is 0.601. The zero-order valence-corrected chi connectivity index (χ0v) is 15.2. The second-order valence-corrected chi connectivity index (χ2v) is 7.86. The van der Waals surface area contributed by atoms with Crippen LogP contribution in [0.25, 0.3) is 22.4 Å². The van der Waals surface area contributed by atoms with Crippen molar-refractivity contribution in [3.05, 3.63) is 48.5 Å². The number of sulfonamides is 1. The van der Waals surface area contributed by atoms with Crippen LogP contribution in [0.2, 0.25) is 0 Å². The lowest BCUT2D eigenvalue weighted by Crippen LogP contribution is -2.14. The molecule has 132 valence electrons. The second kappa shape index (κ2) is 6.46. The van der Waals surface area contributed by atoms with Gasteiger partial charge in [0, 0.05) is 5.56 Å². The van der Waals surface area contributed by atoms with Crippen molar-refractivity contribution in [1.29, 1.82) is 0 Å². The quantitative estimate of drug-likeness (QED) is 0.454. The van der Waals surface area contributed by atoms with Gasteiger partial charge < -0.3 is 4.98 Å². The number of benzene rings is 2. The predicted molar refractivity (Wildman–Crippen MR) is 101 cm³/mol. The molecule has 0 saturated carbocycles.